The number of anilines is 2. The van der Waals surface area contributed by atoms with E-state index in [1.54, 1.807) is 6.07 Å². The maximum absolute atomic E-state index is 13.0. The molecule has 1 atom stereocenters. The molecule has 0 radical (unpaired) electrons. The predicted molar refractivity (Wildman–Crippen MR) is 107 cm³/mol. The highest BCUT2D eigenvalue weighted by Crippen LogP contribution is 2.31. The van der Waals surface area contributed by atoms with Crippen LogP contribution in [0.15, 0.2) is 48.5 Å². The molecule has 2 N–H and O–H groups in total. The lowest BCUT2D eigenvalue weighted by Gasteiger charge is -2.22. The highest BCUT2D eigenvalue weighted by Gasteiger charge is 2.30. The number of morpholine rings is 1. The zero-order valence-electron chi connectivity index (χ0n) is 16.6. The van der Waals surface area contributed by atoms with Gasteiger partial charge in [-0.2, -0.15) is 28.1 Å². The molecule has 162 valence electrons. The molecule has 1 aromatic heterocycles. The van der Waals surface area contributed by atoms with E-state index in [2.05, 4.69) is 25.6 Å². The molecular weight excluding hydrogens is 411 g/mol. The van der Waals surface area contributed by atoms with Gasteiger partial charge < -0.3 is 20.1 Å². The van der Waals surface area contributed by atoms with Gasteiger partial charge >= 0.3 is 12.2 Å². The molecule has 0 aliphatic carbocycles. The fraction of sp³-hybridized carbons (Fsp3) is 0.286. The number of aryl methyl sites for hydroxylation is 1. The van der Waals surface area contributed by atoms with Gasteiger partial charge in [-0.25, -0.2) is 0 Å². The lowest BCUT2D eigenvalue weighted by atomic mass is 10.2. The van der Waals surface area contributed by atoms with Crippen LogP contribution in [0.3, 0.4) is 0 Å². The first-order valence-electron chi connectivity index (χ1n) is 9.64. The fourth-order valence-corrected chi connectivity index (χ4v) is 3.04. The maximum atomic E-state index is 13.0. The Kier molecular flexibility index (Phi) is 6.01. The standard InChI is InChI=1S/C21H20F3N5O2/c1-13-4-2-7-16(10-13)31-20-28-18(17-12-25-8-9-30-17)27-19(29-20)26-15-6-3-5-14(11-15)21(22,23)24/h2-7,10-11,17,25H,8-9,12H2,1H3,(H,26,27,28,29). The summed E-state index contributed by atoms with van der Waals surface area (Å²) in [4.78, 5) is 12.9. The largest absolute Gasteiger partial charge is 0.424 e. The van der Waals surface area contributed by atoms with Gasteiger partial charge in [-0.05, 0) is 42.8 Å². The van der Waals surface area contributed by atoms with Crippen LogP contribution < -0.4 is 15.4 Å². The molecule has 1 aliphatic rings. The molecule has 0 amide bonds. The molecule has 0 saturated carbocycles. The molecule has 4 rings (SSSR count). The second-order valence-electron chi connectivity index (χ2n) is 6.99. The Labute approximate surface area is 176 Å². The van der Waals surface area contributed by atoms with Crippen LogP contribution in [0.2, 0.25) is 0 Å². The number of rotatable bonds is 5. The van der Waals surface area contributed by atoms with Gasteiger partial charge in [0.25, 0.3) is 0 Å². The van der Waals surface area contributed by atoms with Crippen molar-refractivity contribution in [2.75, 3.05) is 25.0 Å². The molecule has 2 heterocycles. The maximum Gasteiger partial charge on any atom is 0.416 e. The number of hydrogen-bond acceptors (Lipinski definition) is 7. The van der Waals surface area contributed by atoms with Crippen molar-refractivity contribution in [3.05, 3.63) is 65.5 Å². The van der Waals surface area contributed by atoms with E-state index in [4.69, 9.17) is 9.47 Å². The Hall–Kier alpha value is -3.24. The molecule has 3 aromatic rings. The van der Waals surface area contributed by atoms with E-state index in [0.717, 1.165) is 17.7 Å². The topological polar surface area (TPSA) is 81.2 Å². The van der Waals surface area contributed by atoms with Crippen LogP contribution in [0, 0.1) is 6.92 Å². The van der Waals surface area contributed by atoms with Crippen LogP contribution in [-0.4, -0.2) is 34.6 Å². The highest BCUT2D eigenvalue weighted by atomic mass is 19.4. The highest BCUT2D eigenvalue weighted by molar-refractivity contribution is 5.55. The van der Waals surface area contributed by atoms with Gasteiger partial charge in [0.15, 0.2) is 5.82 Å². The lowest BCUT2D eigenvalue weighted by molar-refractivity contribution is -0.137. The van der Waals surface area contributed by atoms with E-state index >= 15 is 0 Å². The van der Waals surface area contributed by atoms with Crippen molar-refractivity contribution in [3.8, 4) is 11.8 Å². The van der Waals surface area contributed by atoms with Gasteiger partial charge in [-0.1, -0.05) is 18.2 Å². The summed E-state index contributed by atoms with van der Waals surface area (Å²) >= 11 is 0. The van der Waals surface area contributed by atoms with Crippen LogP contribution in [0.4, 0.5) is 24.8 Å². The molecule has 10 heteroatoms. The molecule has 0 bridgehead atoms. The summed E-state index contributed by atoms with van der Waals surface area (Å²) < 4.78 is 50.6. The second kappa shape index (κ2) is 8.86. The monoisotopic (exact) mass is 431 g/mol. The van der Waals surface area contributed by atoms with E-state index in [-0.39, 0.29) is 17.6 Å². The molecule has 31 heavy (non-hydrogen) atoms. The summed E-state index contributed by atoms with van der Waals surface area (Å²) in [6.45, 7) is 3.62. The van der Waals surface area contributed by atoms with Crippen molar-refractivity contribution in [2.24, 2.45) is 0 Å². The number of ether oxygens (including phenoxy) is 2. The number of alkyl halides is 3. The third-order valence-electron chi connectivity index (χ3n) is 4.49. The summed E-state index contributed by atoms with van der Waals surface area (Å²) in [5.41, 5.74) is 0.410. The first-order chi connectivity index (χ1) is 14.9. The minimum Gasteiger partial charge on any atom is -0.424 e. The second-order valence-corrected chi connectivity index (χ2v) is 6.99. The Morgan fingerprint density at radius 1 is 1.10 bits per heavy atom. The molecule has 7 nitrogen and oxygen atoms in total. The molecule has 1 fully saturated rings. The third-order valence-corrected chi connectivity index (χ3v) is 4.49. The van der Waals surface area contributed by atoms with Crippen LogP contribution in [-0.2, 0) is 10.9 Å². The molecule has 1 aliphatic heterocycles. The smallest absolute Gasteiger partial charge is 0.416 e. The van der Waals surface area contributed by atoms with E-state index in [1.807, 2.05) is 25.1 Å². The van der Waals surface area contributed by atoms with E-state index in [0.29, 0.717) is 31.3 Å². The van der Waals surface area contributed by atoms with E-state index in [9.17, 15) is 13.2 Å². The minimum absolute atomic E-state index is 0.0132. The normalized spacial score (nSPS) is 16.7. The summed E-state index contributed by atoms with van der Waals surface area (Å²) in [6, 6.07) is 12.2. The molecule has 1 unspecified atom stereocenters. The summed E-state index contributed by atoms with van der Waals surface area (Å²) in [5, 5.41) is 6.01. The Morgan fingerprint density at radius 3 is 2.68 bits per heavy atom. The van der Waals surface area contributed by atoms with Crippen molar-refractivity contribution >= 4 is 11.6 Å². The fourth-order valence-electron chi connectivity index (χ4n) is 3.04. The quantitative estimate of drug-likeness (QED) is 0.620. The zero-order chi connectivity index (χ0) is 21.8. The van der Waals surface area contributed by atoms with E-state index < -0.39 is 17.8 Å². The van der Waals surface area contributed by atoms with Crippen molar-refractivity contribution < 1.29 is 22.6 Å². The van der Waals surface area contributed by atoms with Crippen molar-refractivity contribution in [3.63, 3.8) is 0 Å². The average molecular weight is 431 g/mol. The number of benzene rings is 2. The molecule has 0 spiro atoms. The lowest BCUT2D eigenvalue weighted by Crippen LogP contribution is -2.34. The van der Waals surface area contributed by atoms with Gasteiger partial charge in [0.2, 0.25) is 5.95 Å². The molecular formula is C21H20F3N5O2. The Morgan fingerprint density at radius 2 is 1.94 bits per heavy atom. The first kappa shape index (κ1) is 21.0. The van der Waals surface area contributed by atoms with Crippen molar-refractivity contribution in [1.29, 1.82) is 0 Å². The van der Waals surface area contributed by atoms with Gasteiger partial charge in [-0.3, -0.25) is 0 Å². The zero-order valence-corrected chi connectivity index (χ0v) is 16.6. The predicted octanol–water partition coefficient (Wildman–Crippen LogP) is 4.40. The van der Waals surface area contributed by atoms with Crippen molar-refractivity contribution in [1.82, 2.24) is 20.3 Å². The first-order valence-corrected chi connectivity index (χ1v) is 9.64. The molecule has 2 aromatic carbocycles. The Balaban J connectivity index is 1.65. The SMILES string of the molecule is Cc1cccc(Oc2nc(Nc3cccc(C(F)(F)F)c3)nc(C3CNCCO3)n2)c1. The van der Waals surface area contributed by atoms with Crippen LogP contribution in [0.25, 0.3) is 0 Å². The van der Waals surface area contributed by atoms with E-state index in [1.165, 1.54) is 12.1 Å². The van der Waals surface area contributed by atoms with Gasteiger partial charge in [0, 0.05) is 18.8 Å². The van der Waals surface area contributed by atoms with Crippen LogP contribution in [0.5, 0.6) is 11.8 Å². The number of halogens is 3. The van der Waals surface area contributed by atoms with Crippen LogP contribution in [0.1, 0.15) is 23.1 Å². The van der Waals surface area contributed by atoms with Gasteiger partial charge in [0.1, 0.15) is 11.9 Å². The molecule has 1 saturated heterocycles. The number of nitrogens with zero attached hydrogens (tertiary/aromatic N) is 3. The summed E-state index contributed by atoms with van der Waals surface area (Å²) in [6.07, 6.45) is -4.89. The Bertz CT molecular complexity index is 1060. The van der Waals surface area contributed by atoms with Gasteiger partial charge in [-0.15, -0.1) is 0 Å². The third kappa shape index (κ3) is 5.47. The number of aromatic nitrogens is 3. The van der Waals surface area contributed by atoms with Gasteiger partial charge in [0.05, 0.1) is 12.2 Å². The average Bonchev–Trinajstić information content (AvgIpc) is 2.74. The van der Waals surface area contributed by atoms with Crippen molar-refractivity contribution in [2.45, 2.75) is 19.2 Å². The minimum atomic E-state index is -4.46. The summed E-state index contributed by atoms with van der Waals surface area (Å²) in [7, 11) is 0. The summed E-state index contributed by atoms with van der Waals surface area (Å²) in [5.74, 6) is 0.908. The number of nitrogens with one attached hydrogen (secondary N) is 2. The number of hydrogen-bond donors (Lipinski definition) is 2. The van der Waals surface area contributed by atoms with Crippen LogP contribution >= 0.6 is 0 Å².